The highest BCUT2D eigenvalue weighted by atomic mass is 32.2. The SMILES string of the molecule is C[C@@H]1C[C@@H](NC(=O)c2cc(C3CC3)on2)CCN1S(=O)(=O)Cc1ccccc1. The van der Waals surface area contributed by atoms with E-state index in [4.69, 9.17) is 4.52 Å². The number of amides is 1. The molecule has 0 radical (unpaired) electrons. The van der Waals surface area contributed by atoms with Crippen molar-refractivity contribution in [3.8, 4) is 0 Å². The quantitative estimate of drug-likeness (QED) is 0.800. The number of hydrogen-bond donors (Lipinski definition) is 1. The van der Waals surface area contributed by atoms with Crippen molar-refractivity contribution in [2.45, 2.75) is 56.4 Å². The molecule has 0 unspecified atom stereocenters. The molecule has 1 aromatic heterocycles. The maximum atomic E-state index is 12.8. The third-order valence-electron chi connectivity index (χ3n) is 5.44. The highest BCUT2D eigenvalue weighted by Crippen LogP contribution is 2.40. The molecule has 1 aliphatic carbocycles. The van der Waals surface area contributed by atoms with E-state index in [-0.39, 0.29) is 23.7 Å². The van der Waals surface area contributed by atoms with Crippen LogP contribution in [0.4, 0.5) is 0 Å². The molecular formula is C20H25N3O4S. The van der Waals surface area contributed by atoms with Crippen molar-refractivity contribution in [2.24, 2.45) is 0 Å². The summed E-state index contributed by atoms with van der Waals surface area (Å²) in [5.41, 5.74) is 1.08. The monoisotopic (exact) mass is 403 g/mol. The summed E-state index contributed by atoms with van der Waals surface area (Å²) < 4.78 is 32.4. The third kappa shape index (κ3) is 4.28. The first kappa shape index (κ1) is 19.1. The second-order valence-electron chi connectivity index (χ2n) is 7.79. The molecule has 2 aromatic rings. The molecule has 1 saturated heterocycles. The molecule has 1 amide bonds. The maximum absolute atomic E-state index is 12.8. The van der Waals surface area contributed by atoms with Crippen LogP contribution in [0.3, 0.4) is 0 Å². The van der Waals surface area contributed by atoms with Gasteiger partial charge >= 0.3 is 0 Å². The van der Waals surface area contributed by atoms with Crippen molar-refractivity contribution < 1.29 is 17.7 Å². The summed E-state index contributed by atoms with van der Waals surface area (Å²) >= 11 is 0. The second-order valence-corrected chi connectivity index (χ2v) is 9.71. The van der Waals surface area contributed by atoms with E-state index in [1.165, 1.54) is 0 Å². The van der Waals surface area contributed by atoms with E-state index < -0.39 is 10.0 Å². The summed E-state index contributed by atoms with van der Waals surface area (Å²) in [4.78, 5) is 12.4. The van der Waals surface area contributed by atoms with Crippen molar-refractivity contribution in [3.05, 3.63) is 53.4 Å². The zero-order valence-corrected chi connectivity index (χ0v) is 16.7. The Hall–Kier alpha value is -2.19. The topological polar surface area (TPSA) is 92.5 Å². The predicted molar refractivity (Wildman–Crippen MR) is 104 cm³/mol. The van der Waals surface area contributed by atoms with E-state index in [1.807, 2.05) is 37.3 Å². The van der Waals surface area contributed by atoms with Gasteiger partial charge in [0.15, 0.2) is 5.69 Å². The molecule has 2 heterocycles. The Labute approximate surface area is 165 Å². The van der Waals surface area contributed by atoms with Gasteiger partial charge < -0.3 is 9.84 Å². The Morgan fingerprint density at radius 2 is 2.00 bits per heavy atom. The molecule has 4 rings (SSSR count). The van der Waals surface area contributed by atoms with Gasteiger partial charge in [-0.05, 0) is 38.2 Å². The number of sulfonamides is 1. The Balaban J connectivity index is 1.34. The van der Waals surface area contributed by atoms with E-state index in [0.717, 1.165) is 24.2 Å². The molecule has 1 N–H and O–H groups in total. The molecule has 28 heavy (non-hydrogen) atoms. The first-order valence-electron chi connectivity index (χ1n) is 9.73. The van der Waals surface area contributed by atoms with Gasteiger partial charge in [-0.3, -0.25) is 4.79 Å². The van der Waals surface area contributed by atoms with Gasteiger partial charge in [-0.25, -0.2) is 8.42 Å². The Morgan fingerprint density at radius 3 is 2.68 bits per heavy atom. The van der Waals surface area contributed by atoms with Crippen LogP contribution in [0, 0.1) is 0 Å². The van der Waals surface area contributed by atoms with Gasteiger partial charge in [-0.15, -0.1) is 0 Å². The Bertz CT molecular complexity index is 937. The van der Waals surface area contributed by atoms with Gasteiger partial charge in [0.05, 0.1) is 5.75 Å². The molecule has 7 nitrogen and oxygen atoms in total. The van der Waals surface area contributed by atoms with E-state index >= 15 is 0 Å². The number of piperidine rings is 1. The van der Waals surface area contributed by atoms with Crippen LogP contribution in [0.2, 0.25) is 0 Å². The van der Waals surface area contributed by atoms with Gasteiger partial charge in [0, 0.05) is 30.6 Å². The standard InChI is InChI=1S/C20H25N3O4S/c1-14-11-17(21-20(24)18-12-19(27-22-18)16-7-8-16)9-10-23(14)28(25,26)13-15-5-3-2-4-6-15/h2-6,12,14,16-17H,7-11,13H2,1H3,(H,21,24)/t14-,17+/m1/s1. The van der Waals surface area contributed by atoms with Crippen molar-refractivity contribution in [3.63, 3.8) is 0 Å². The van der Waals surface area contributed by atoms with Crippen LogP contribution < -0.4 is 5.32 Å². The largest absolute Gasteiger partial charge is 0.360 e. The number of carbonyl (C=O) groups is 1. The first-order chi connectivity index (χ1) is 13.4. The van der Waals surface area contributed by atoms with Crippen LogP contribution >= 0.6 is 0 Å². The molecule has 0 bridgehead atoms. The summed E-state index contributed by atoms with van der Waals surface area (Å²) in [5.74, 6) is 0.930. The summed E-state index contributed by atoms with van der Waals surface area (Å²) in [5, 5.41) is 6.85. The molecule has 8 heteroatoms. The number of benzene rings is 1. The van der Waals surface area contributed by atoms with Crippen LogP contribution in [-0.2, 0) is 15.8 Å². The summed E-state index contributed by atoms with van der Waals surface area (Å²) in [6.45, 7) is 2.29. The molecule has 1 aliphatic heterocycles. The predicted octanol–water partition coefficient (Wildman–Crippen LogP) is 2.66. The fourth-order valence-corrected chi connectivity index (χ4v) is 5.58. The minimum Gasteiger partial charge on any atom is -0.360 e. The Morgan fingerprint density at radius 1 is 1.25 bits per heavy atom. The number of nitrogens with one attached hydrogen (secondary N) is 1. The minimum atomic E-state index is -3.40. The molecule has 2 fully saturated rings. The minimum absolute atomic E-state index is 0.00190. The maximum Gasteiger partial charge on any atom is 0.273 e. The number of nitrogens with zero attached hydrogens (tertiary/aromatic N) is 2. The summed E-state index contributed by atoms with van der Waals surface area (Å²) in [6.07, 6.45) is 3.33. The first-order valence-corrected chi connectivity index (χ1v) is 11.3. The van der Waals surface area contributed by atoms with E-state index in [2.05, 4.69) is 10.5 Å². The number of carbonyl (C=O) groups excluding carboxylic acids is 1. The van der Waals surface area contributed by atoms with Crippen LogP contribution in [0.15, 0.2) is 40.9 Å². The smallest absolute Gasteiger partial charge is 0.273 e. The summed E-state index contributed by atoms with van der Waals surface area (Å²) in [6, 6.07) is 10.7. The molecule has 1 saturated carbocycles. The zero-order chi connectivity index (χ0) is 19.7. The van der Waals surface area contributed by atoms with Gasteiger partial charge in [0.1, 0.15) is 5.76 Å². The van der Waals surface area contributed by atoms with Gasteiger partial charge in [0.2, 0.25) is 10.0 Å². The average Bonchev–Trinajstić information content (AvgIpc) is 3.38. The van der Waals surface area contributed by atoms with E-state index in [0.29, 0.717) is 31.0 Å². The molecule has 150 valence electrons. The lowest BCUT2D eigenvalue weighted by molar-refractivity contribution is 0.0905. The van der Waals surface area contributed by atoms with E-state index in [1.54, 1.807) is 10.4 Å². The van der Waals surface area contributed by atoms with Crippen molar-refractivity contribution in [1.29, 1.82) is 0 Å². The summed E-state index contributed by atoms with van der Waals surface area (Å²) in [7, 11) is -3.40. The zero-order valence-electron chi connectivity index (χ0n) is 15.9. The molecule has 1 aromatic carbocycles. The van der Waals surface area contributed by atoms with Crippen LogP contribution in [0.25, 0.3) is 0 Å². The normalized spacial score (nSPS) is 23.5. The lowest BCUT2D eigenvalue weighted by Crippen LogP contribution is -2.51. The lowest BCUT2D eigenvalue weighted by atomic mass is 10.0. The van der Waals surface area contributed by atoms with Crippen LogP contribution in [0.1, 0.15) is 60.3 Å². The highest BCUT2D eigenvalue weighted by Gasteiger charge is 2.35. The Kier molecular flexibility index (Phi) is 5.25. The third-order valence-corrected chi connectivity index (χ3v) is 7.40. The molecule has 0 spiro atoms. The van der Waals surface area contributed by atoms with Gasteiger partial charge in [0.25, 0.3) is 5.91 Å². The number of rotatable bonds is 6. The fraction of sp³-hybridized carbons (Fsp3) is 0.500. The van der Waals surface area contributed by atoms with Gasteiger partial charge in [-0.2, -0.15) is 4.31 Å². The average molecular weight is 404 g/mol. The van der Waals surface area contributed by atoms with Crippen molar-refractivity contribution in [2.75, 3.05) is 6.54 Å². The van der Waals surface area contributed by atoms with Crippen LogP contribution in [-0.4, -0.2) is 42.4 Å². The van der Waals surface area contributed by atoms with Crippen molar-refractivity contribution in [1.82, 2.24) is 14.8 Å². The van der Waals surface area contributed by atoms with Crippen molar-refractivity contribution >= 4 is 15.9 Å². The fourth-order valence-electron chi connectivity index (χ4n) is 3.78. The second kappa shape index (κ2) is 7.67. The number of aromatic nitrogens is 1. The lowest BCUT2D eigenvalue weighted by Gasteiger charge is -2.36. The van der Waals surface area contributed by atoms with Gasteiger partial charge in [-0.1, -0.05) is 35.5 Å². The molecule has 2 aliphatic rings. The van der Waals surface area contributed by atoms with Crippen LogP contribution in [0.5, 0.6) is 0 Å². The number of hydrogen-bond acceptors (Lipinski definition) is 5. The highest BCUT2D eigenvalue weighted by molar-refractivity contribution is 7.88. The van der Waals surface area contributed by atoms with E-state index in [9.17, 15) is 13.2 Å². The molecule has 2 atom stereocenters. The molecular weight excluding hydrogens is 378 g/mol.